The molecule has 1 aromatic heterocycles. The lowest BCUT2D eigenvalue weighted by molar-refractivity contribution is 0.0994. The van der Waals surface area contributed by atoms with E-state index in [1.807, 2.05) is 24.3 Å². The zero-order chi connectivity index (χ0) is 18.3. The number of nitrogens with one attached hydrogen (secondary N) is 1. The molecule has 2 aromatic carbocycles. The number of hydrogen-bond acceptors (Lipinski definition) is 2. The highest BCUT2D eigenvalue weighted by molar-refractivity contribution is 6.39. The van der Waals surface area contributed by atoms with Crippen molar-refractivity contribution in [3.05, 3.63) is 64.1 Å². The molecule has 0 fully saturated rings. The lowest BCUT2D eigenvalue weighted by Crippen LogP contribution is -2.18. The number of aryl methyl sites for hydroxylation is 1. The molecule has 0 aliphatic rings. The summed E-state index contributed by atoms with van der Waals surface area (Å²) in [6.07, 6.45) is 0. The first kappa shape index (κ1) is 17.0. The number of halogens is 2. The second kappa shape index (κ2) is 6.22. The van der Waals surface area contributed by atoms with Crippen LogP contribution in [-0.2, 0) is 7.05 Å². The number of para-hydroxylation sites is 1. The first-order chi connectivity index (χ1) is 11.8. The van der Waals surface area contributed by atoms with Crippen LogP contribution in [0, 0.1) is 12.7 Å². The molecule has 0 unspecified atom stereocenters. The van der Waals surface area contributed by atoms with Crippen molar-refractivity contribution in [2.75, 3.05) is 5.32 Å². The number of aromatic nitrogens is 1. The van der Waals surface area contributed by atoms with Gasteiger partial charge in [-0.05, 0) is 25.1 Å². The van der Waals surface area contributed by atoms with E-state index in [1.165, 1.54) is 13.0 Å². The maximum absolute atomic E-state index is 14.0. The maximum Gasteiger partial charge on any atom is 0.273 e. The molecule has 0 saturated heterocycles. The van der Waals surface area contributed by atoms with Gasteiger partial charge in [-0.3, -0.25) is 9.59 Å². The molecule has 3 rings (SSSR count). The smallest absolute Gasteiger partial charge is 0.273 e. The molecular weight excluding hydrogens is 345 g/mol. The minimum Gasteiger partial charge on any atom is -0.366 e. The summed E-state index contributed by atoms with van der Waals surface area (Å²) in [4.78, 5) is 24.0. The highest BCUT2D eigenvalue weighted by Crippen LogP contribution is 2.31. The number of benzene rings is 2. The van der Waals surface area contributed by atoms with Crippen LogP contribution < -0.4 is 11.1 Å². The lowest BCUT2D eigenvalue weighted by atomic mass is 10.1. The van der Waals surface area contributed by atoms with Crippen molar-refractivity contribution in [3.63, 3.8) is 0 Å². The molecule has 128 valence electrons. The molecule has 0 atom stereocenters. The minimum atomic E-state index is -0.781. The van der Waals surface area contributed by atoms with Crippen LogP contribution in [-0.4, -0.2) is 16.4 Å². The minimum absolute atomic E-state index is 0.0264. The maximum atomic E-state index is 14.0. The third-order valence-electron chi connectivity index (χ3n) is 4.14. The Morgan fingerprint density at radius 2 is 1.92 bits per heavy atom. The molecule has 3 aromatic rings. The molecule has 0 bridgehead atoms. The Morgan fingerprint density at radius 1 is 1.24 bits per heavy atom. The van der Waals surface area contributed by atoms with Crippen LogP contribution in [0.2, 0.25) is 5.02 Å². The van der Waals surface area contributed by atoms with Crippen LogP contribution >= 0.6 is 11.6 Å². The average molecular weight is 360 g/mol. The van der Waals surface area contributed by atoms with Gasteiger partial charge in [0.1, 0.15) is 11.5 Å². The van der Waals surface area contributed by atoms with Crippen LogP contribution in [0.3, 0.4) is 0 Å². The predicted octanol–water partition coefficient (Wildman–Crippen LogP) is 3.63. The number of amides is 2. The summed E-state index contributed by atoms with van der Waals surface area (Å²) in [5, 5.41) is 3.66. The molecule has 0 aliphatic heterocycles. The van der Waals surface area contributed by atoms with Gasteiger partial charge in [0.2, 0.25) is 5.91 Å². The number of carbonyl (C=O) groups excluding carboxylic acids is 2. The van der Waals surface area contributed by atoms with Gasteiger partial charge in [0.15, 0.2) is 0 Å². The second-order valence-corrected chi connectivity index (χ2v) is 6.07. The van der Waals surface area contributed by atoms with Gasteiger partial charge in [0, 0.05) is 34.8 Å². The van der Waals surface area contributed by atoms with E-state index in [9.17, 15) is 14.0 Å². The fourth-order valence-electron chi connectivity index (χ4n) is 2.73. The van der Waals surface area contributed by atoms with E-state index in [4.69, 9.17) is 17.3 Å². The van der Waals surface area contributed by atoms with Crippen molar-refractivity contribution < 1.29 is 14.0 Å². The third-order valence-corrected chi connectivity index (χ3v) is 4.52. The topological polar surface area (TPSA) is 77.1 Å². The van der Waals surface area contributed by atoms with Crippen molar-refractivity contribution in [1.29, 1.82) is 0 Å². The Bertz CT molecular complexity index is 988. The van der Waals surface area contributed by atoms with Gasteiger partial charge in [-0.2, -0.15) is 0 Å². The number of anilines is 1. The van der Waals surface area contributed by atoms with Gasteiger partial charge in [-0.1, -0.05) is 29.8 Å². The van der Waals surface area contributed by atoms with E-state index in [2.05, 4.69) is 5.32 Å². The number of nitrogens with zero attached hydrogens (tertiary/aromatic N) is 1. The van der Waals surface area contributed by atoms with Crippen molar-refractivity contribution >= 4 is 40.0 Å². The van der Waals surface area contributed by atoms with Crippen LogP contribution in [0.25, 0.3) is 10.9 Å². The molecule has 25 heavy (non-hydrogen) atoms. The average Bonchev–Trinajstić information content (AvgIpc) is 2.83. The van der Waals surface area contributed by atoms with E-state index in [1.54, 1.807) is 11.6 Å². The quantitative estimate of drug-likeness (QED) is 0.749. The lowest BCUT2D eigenvalue weighted by Gasteiger charge is -2.11. The van der Waals surface area contributed by atoms with Crippen molar-refractivity contribution in [2.24, 2.45) is 12.8 Å². The molecule has 2 amide bonds. The Morgan fingerprint density at radius 3 is 2.56 bits per heavy atom. The van der Waals surface area contributed by atoms with Crippen LogP contribution in [0.4, 0.5) is 10.1 Å². The summed E-state index contributed by atoms with van der Waals surface area (Å²) < 4.78 is 15.7. The monoisotopic (exact) mass is 359 g/mol. The van der Waals surface area contributed by atoms with Gasteiger partial charge in [-0.25, -0.2) is 4.39 Å². The van der Waals surface area contributed by atoms with Crippen molar-refractivity contribution in [3.8, 4) is 0 Å². The molecule has 0 aliphatic carbocycles. The number of hydrogen-bond donors (Lipinski definition) is 2. The Balaban J connectivity index is 2.06. The Labute approximate surface area is 148 Å². The number of fused-ring (bicyclic) bond motifs is 1. The highest BCUT2D eigenvalue weighted by atomic mass is 35.5. The van der Waals surface area contributed by atoms with Crippen molar-refractivity contribution in [2.45, 2.75) is 6.92 Å². The number of carbonyl (C=O) groups is 2. The normalized spacial score (nSPS) is 10.9. The van der Waals surface area contributed by atoms with Crippen LogP contribution in [0.1, 0.15) is 26.4 Å². The van der Waals surface area contributed by atoms with Crippen molar-refractivity contribution in [1.82, 2.24) is 4.57 Å². The molecule has 0 spiro atoms. The summed E-state index contributed by atoms with van der Waals surface area (Å²) in [6, 6.07) is 9.71. The number of nitrogens with two attached hydrogens (primary N) is 1. The zero-order valence-corrected chi connectivity index (χ0v) is 14.3. The third kappa shape index (κ3) is 2.85. The number of rotatable bonds is 3. The van der Waals surface area contributed by atoms with Gasteiger partial charge >= 0.3 is 0 Å². The summed E-state index contributed by atoms with van der Waals surface area (Å²) in [5.41, 5.74) is 6.58. The molecule has 0 radical (unpaired) electrons. The molecule has 1 heterocycles. The van der Waals surface area contributed by atoms with Crippen LogP contribution in [0.15, 0.2) is 36.4 Å². The number of primary amides is 1. The molecular formula is C18H15ClFN3O2. The van der Waals surface area contributed by atoms with Gasteiger partial charge in [-0.15, -0.1) is 0 Å². The highest BCUT2D eigenvalue weighted by Gasteiger charge is 2.21. The summed E-state index contributed by atoms with van der Waals surface area (Å²) in [6.45, 7) is 1.50. The first-order valence-corrected chi connectivity index (χ1v) is 7.83. The summed E-state index contributed by atoms with van der Waals surface area (Å²) >= 11 is 6.35. The summed E-state index contributed by atoms with van der Waals surface area (Å²) in [7, 11) is 1.72. The predicted molar refractivity (Wildman–Crippen MR) is 95.5 cm³/mol. The van der Waals surface area contributed by atoms with E-state index in [-0.39, 0.29) is 22.5 Å². The fourth-order valence-corrected chi connectivity index (χ4v) is 3.10. The van der Waals surface area contributed by atoms with E-state index in [0.29, 0.717) is 5.02 Å². The summed E-state index contributed by atoms with van der Waals surface area (Å²) in [5.74, 6) is -1.92. The Hall–Kier alpha value is -2.86. The SMILES string of the molecule is Cc1c(F)cc(C(N)=O)cc1NC(=O)c1c(Cl)c2ccccc2n1C. The standard InChI is InChI=1S/C18H15ClFN3O2/c1-9-12(20)7-10(17(21)24)8-13(9)22-18(25)16-15(19)11-5-3-4-6-14(11)23(16)2/h3-8H,1-2H3,(H2,21,24)(H,22,25). The van der Waals surface area contributed by atoms with E-state index in [0.717, 1.165) is 17.0 Å². The largest absolute Gasteiger partial charge is 0.366 e. The van der Waals surface area contributed by atoms with Gasteiger partial charge < -0.3 is 15.6 Å². The van der Waals surface area contributed by atoms with E-state index < -0.39 is 17.6 Å². The second-order valence-electron chi connectivity index (χ2n) is 5.69. The zero-order valence-electron chi connectivity index (χ0n) is 13.6. The molecule has 3 N–H and O–H groups in total. The Kier molecular flexibility index (Phi) is 4.22. The molecule has 0 saturated carbocycles. The molecule has 7 heteroatoms. The first-order valence-electron chi connectivity index (χ1n) is 7.45. The van der Waals surface area contributed by atoms with Crippen LogP contribution in [0.5, 0.6) is 0 Å². The molecule has 5 nitrogen and oxygen atoms in total. The fraction of sp³-hybridized carbons (Fsp3) is 0.111. The van der Waals surface area contributed by atoms with Gasteiger partial charge in [0.05, 0.1) is 5.02 Å². The van der Waals surface area contributed by atoms with Gasteiger partial charge in [0.25, 0.3) is 5.91 Å². The van der Waals surface area contributed by atoms with E-state index >= 15 is 0 Å².